The number of nitrogens with two attached hydrogens (primary N) is 1. The van der Waals surface area contributed by atoms with Crippen molar-refractivity contribution in [2.75, 3.05) is 5.73 Å². The molecule has 0 fully saturated rings. The van der Waals surface area contributed by atoms with Crippen molar-refractivity contribution in [2.45, 2.75) is 12.4 Å². The highest BCUT2D eigenvalue weighted by Crippen LogP contribution is 2.39. The molecule has 0 aliphatic heterocycles. The molecule has 0 heterocycles. The van der Waals surface area contributed by atoms with Crippen molar-refractivity contribution in [3.8, 4) is 11.5 Å². The van der Waals surface area contributed by atoms with Crippen LogP contribution in [0, 0.1) is 10.1 Å². The number of alkyl halides is 6. The van der Waals surface area contributed by atoms with Crippen LogP contribution in [0.4, 0.5) is 37.7 Å². The number of hydrogen-bond donors (Lipinski definition) is 1. The molecular formula is C14H8F6N2O3. The third kappa shape index (κ3) is 4.31. The normalized spacial score (nSPS) is 12.1. The van der Waals surface area contributed by atoms with Gasteiger partial charge in [-0.25, -0.2) is 0 Å². The molecule has 0 saturated heterocycles. The second kappa shape index (κ2) is 6.15. The summed E-state index contributed by atoms with van der Waals surface area (Å²) >= 11 is 0. The monoisotopic (exact) mass is 366 g/mol. The van der Waals surface area contributed by atoms with Crippen molar-refractivity contribution >= 4 is 11.4 Å². The first-order valence-corrected chi connectivity index (χ1v) is 6.39. The van der Waals surface area contributed by atoms with E-state index in [9.17, 15) is 36.5 Å². The van der Waals surface area contributed by atoms with Gasteiger partial charge in [-0.15, -0.1) is 0 Å². The lowest BCUT2D eigenvalue weighted by atomic mass is 10.1. The molecule has 2 N–H and O–H groups in total. The Hall–Kier alpha value is -2.98. The van der Waals surface area contributed by atoms with Gasteiger partial charge in [0.25, 0.3) is 5.69 Å². The molecule has 11 heteroatoms. The van der Waals surface area contributed by atoms with Gasteiger partial charge in [0.15, 0.2) is 0 Å². The quantitative estimate of drug-likeness (QED) is 0.359. The highest BCUT2D eigenvalue weighted by atomic mass is 19.4. The van der Waals surface area contributed by atoms with Gasteiger partial charge in [0, 0.05) is 12.1 Å². The number of nitrogens with zero attached hydrogens (tertiary/aromatic N) is 1. The highest BCUT2D eigenvalue weighted by Gasteiger charge is 2.37. The van der Waals surface area contributed by atoms with Crippen LogP contribution in [-0.2, 0) is 12.4 Å². The van der Waals surface area contributed by atoms with Crippen molar-refractivity contribution in [1.29, 1.82) is 0 Å². The molecule has 0 aliphatic rings. The van der Waals surface area contributed by atoms with Gasteiger partial charge in [-0.05, 0) is 24.3 Å². The molecule has 0 bridgehead atoms. The van der Waals surface area contributed by atoms with Crippen LogP contribution >= 0.6 is 0 Å². The van der Waals surface area contributed by atoms with Gasteiger partial charge in [-0.3, -0.25) is 10.1 Å². The largest absolute Gasteiger partial charge is 0.457 e. The van der Waals surface area contributed by atoms with E-state index in [4.69, 9.17) is 10.5 Å². The smallest absolute Gasteiger partial charge is 0.416 e. The maximum absolute atomic E-state index is 12.8. The first-order chi connectivity index (χ1) is 11.4. The maximum Gasteiger partial charge on any atom is 0.416 e. The molecule has 0 aromatic heterocycles. The summed E-state index contributed by atoms with van der Waals surface area (Å²) in [6, 6.07) is 3.56. The van der Waals surface area contributed by atoms with E-state index in [2.05, 4.69) is 0 Å². The van der Waals surface area contributed by atoms with Crippen molar-refractivity contribution in [2.24, 2.45) is 0 Å². The molecule has 0 atom stereocenters. The van der Waals surface area contributed by atoms with Crippen LogP contribution in [-0.4, -0.2) is 4.92 Å². The minimum Gasteiger partial charge on any atom is -0.457 e. The van der Waals surface area contributed by atoms with E-state index >= 15 is 0 Å². The molecule has 2 aromatic rings. The van der Waals surface area contributed by atoms with Crippen molar-refractivity contribution in [1.82, 2.24) is 0 Å². The summed E-state index contributed by atoms with van der Waals surface area (Å²) in [5.74, 6) is -0.994. The zero-order chi connectivity index (χ0) is 19.0. The van der Waals surface area contributed by atoms with Gasteiger partial charge < -0.3 is 10.5 Å². The van der Waals surface area contributed by atoms with E-state index < -0.39 is 39.8 Å². The molecule has 2 aromatic carbocycles. The van der Waals surface area contributed by atoms with Crippen LogP contribution in [0.15, 0.2) is 36.4 Å². The van der Waals surface area contributed by atoms with Crippen LogP contribution in [0.3, 0.4) is 0 Å². The van der Waals surface area contributed by atoms with Gasteiger partial charge in [-0.1, -0.05) is 0 Å². The Balaban J connectivity index is 2.45. The van der Waals surface area contributed by atoms with Crippen molar-refractivity contribution < 1.29 is 36.0 Å². The number of ether oxygens (including phenoxy) is 1. The molecule has 0 aliphatic carbocycles. The highest BCUT2D eigenvalue weighted by molar-refractivity contribution is 5.61. The minimum absolute atomic E-state index is 0.0446. The lowest BCUT2D eigenvalue weighted by Crippen LogP contribution is -2.11. The average molecular weight is 366 g/mol. The summed E-state index contributed by atoms with van der Waals surface area (Å²) in [6.45, 7) is 0. The van der Waals surface area contributed by atoms with E-state index in [1.54, 1.807) is 0 Å². The van der Waals surface area contributed by atoms with Gasteiger partial charge >= 0.3 is 12.4 Å². The zero-order valence-electron chi connectivity index (χ0n) is 12.0. The predicted octanol–water partition coefficient (Wildman–Crippen LogP) is 5.01. The van der Waals surface area contributed by atoms with E-state index in [1.807, 2.05) is 0 Å². The zero-order valence-corrected chi connectivity index (χ0v) is 12.0. The number of anilines is 1. The van der Waals surface area contributed by atoms with E-state index in [1.165, 1.54) is 0 Å². The number of rotatable bonds is 3. The molecular weight excluding hydrogens is 358 g/mol. The number of hydrogen-bond acceptors (Lipinski definition) is 4. The fraction of sp³-hybridized carbons (Fsp3) is 0.143. The molecule has 134 valence electrons. The average Bonchev–Trinajstić information content (AvgIpc) is 2.44. The van der Waals surface area contributed by atoms with Gasteiger partial charge in [0.1, 0.15) is 17.2 Å². The summed E-state index contributed by atoms with van der Waals surface area (Å²) in [7, 11) is 0. The molecule has 2 rings (SSSR count). The molecule has 25 heavy (non-hydrogen) atoms. The third-order valence-corrected chi connectivity index (χ3v) is 2.99. The van der Waals surface area contributed by atoms with E-state index in [0.717, 1.165) is 18.2 Å². The fourth-order valence-corrected chi connectivity index (χ4v) is 1.88. The topological polar surface area (TPSA) is 78.4 Å². The Labute approximate surface area is 135 Å². The second-order valence-electron chi connectivity index (χ2n) is 4.82. The Bertz CT molecular complexity index is 785. The maximum atomic E-state index is 12.8. The fourth-order valence-electron chi connectivity index (χ4n) is 1.88. The summed E-state index contributed by atoms with van der Waals surface area (Å²) < 4.78 is 81.5. The summed E-state index contributed by atoms with van der Waals surface area (Å²) in [5.41, 5.74) is 1.46. The molecule has 0 saturated carbocycles. The molecule has 5 nitrogen and oxygen atoms in total. The van der Waals surface area contributed by atoms with Gasteiger partial charge in [-0.2, -0.15) is 26.3 Å². The number of halogens is 6. The second-order valence-corrected chi connectivity index (χ2v) is 4.82. The number of nitrogen functional groups attached to an aromatic ring is 1. The van der Waals surface area contributed by atoms with Gasteiger partial charge in [0.05, 0.1) is 16.1 Å². The van der Waals surface area contributed by atoms with E-state index in [0.29, 0.717) is 12.1 Å². The van der Waals surface area contributed by atoms with Crippen LogP contribution in [0.1, 0.15) is 11.1 Å². The Kier molecular flexibility index (Phi) is 4.51. The summed E-state index contributed by atoms with van der Waals surface area (Å²) in [4.78, 5) is 9.84. The summed E-state index contributed by atoms with van der Waals surface area (Å²) in [6.07, 6.45) is -10.0. The third-order valence-electron chi connectivity index (χ3n) is 2.99. The summed E-state index contributed by atoms with van der Waals surface area (Å²) in [5, 5.41) is 10.6. The lowest BCUT2D eigenvalue weighted by molar-refractivity contribution is -0.383. The number of nitro groups is 1. The Morgan fingerprint density at radius 2 is 1.40 bits per heavy atom. The molecule has 0 amide bonds. The lowest BCUT2D eigenvalue weighted by Gasteiger charge is -2.14. The van der Waals surface area contributed by atoms with Crippen molar-refractivity contribution in [3.63, 3.8) is 0 Å². The minimum atomic E-state index is -5.02. The molecule has 0 spiro atoms. The van der Waals surface area contributed by atoms with Crippen LogP contribution in [0.25, 0.3) is 0 Å². The standard InChI is InChI=1S/C14H8F6N2O3/c15-13(16,17)7-3-8(14(18,19)20)5-10(4-7)25-9-1-2-12(22(23)24)11(21)6-9/h1-6H,21H2. The van der Waals surface area contributed by atoms with Crippen LogP contribution in [0.2, 0.25) is 0 Å². The number of benzene rings is 2. The first-order valence-electron chi connectivity index (χ1n) is 6.39. The predicted molar refractivity (Wildman–Crippen MR) is 74.0 cm³/mol. The SMILES string of the molecule is Nc1cc(Oc2cc(C(F)(F)F)cc(C(F)(F)F)c2)ccc1[N+](=O)[O-]. The van der Waals surface area contributed by atoms with Gasteiger partial charge in [0.2, 0.25) is 0 Å². The van der Waals surface area contributed by atoms with Crippen molar-refractivity contribution in [3.05, 3.63) is 57.6 Å². The van der Waals surface area contributed by atoms with Crippen LogP contribution in [0.5, 0.6) is 11.5 Å². The Morgan fingerprint density at radius 3 is 1.80 bits per heavy atom. The Morgan fingerprint density at radius 1 is 0.880 bits per heavy atom. The van der Waals surface area contributed by atoms with E-state index in [-0.39, 0.29) is 17.5 Å². The van der Waals surface area contributed by atoms with Crippen LogP contribution < -0.4 is 10.5 Å². The number of nitro benzene ring substituents is 1. The molecule has 0 unspecified atom stereocenters. The first kappa shape index (κ1) is 18.4. The molecule has 0 radical (unpaired) electrons.